The molecule has 5 heteroatoms. The second kappa shape index (κ2) is 7.06. The summed E-state index contributed by atoms with van der Waals surface area (Å²) in [4.78, 5) is 10.6. The van der Waals surface area contributed by atoms with E-state index in [2.05, 4.69) is 0 Å². The second-order valence-corrected chi connectivity index (χ2v) is 2.93. The molecule has 0 spiro atoms. The summed E-state index contributed by atoms with van der Waals surface area (Å²) in [5.74, 6) is -0.821. The molecule has 0 bridgehead atoms. The second-order valence-electron chi connectivity index (χ2n) is 2.93. The minimum atomic E-state index is -0.986. The van der Waals surface area contributed by atoms with Crippen molar-refractivity contribution < 1.29 is 19.7 Å². The van der Waals surface area contributed by atoms with E-state index in [9.17, 15) is 4.79 Å². The van der Waals surface area contributed by atoms with Gasteiger partial charge in [-0.15, -0.1) is 0 Å². The van der Waals surface area contributed by atoms with Gasteiger partial charge < -0.3 is 14.9 Å². The van der Waals surface area contributed by atoms with Gasteiger partial charge in [0.05, 0.1) is 0 Å². The van der Waals surface area contributed by atoms with E-state index < -0.39 is 12.1 Å². The molecule has 80 valence electrons. The molecular weight excluding hydrogens is 224 g/mol. The third kappa shape index (κ3) is 4.84. The molecule has 1 aromatic rings. The van der Waals surface area contributed by atoms with Gasteiger partial charge in [-0.2, -0.15) is 0 Å². The molecule has 4 nitrogen and oxygen atoms in total. The fraction of sp³-hybridized carbons (Fsp3) is 0.300. The Morgan fingerprint density at radius 1 is 1.40 bits per heavy atom. The Balaban J connectivity index is 0.00000196. The number of carbonyl (C=O) groups is 1. The Labute approximate surface area is 118 Å². The van der Waals surface area contributed by atoms with Gasteiger partial charge in [0, 0.05) is 13.5 Å². The average Bonchev–Trinajstić information content (AvgIpc) is 2.16. The van der Waals surface area contributed by atoms with Gasteiger partial charge in [0.15, 0.2) is 6.10 Å². The van der Waals surface area contributed by atoms with Crippen molar-refractivity contribution in [2.45, 2.75) is 12.5 Å². The SMILES string of the molecule is COC(Cc1ccc(O)cc1)C(=O)O.[CaH2]. The number of hydrogen-bond acceptors (Lipinski definition) is 3. The fourth-order valence-electron chi connectivity index (χ4n) is 1.12. The van der Waals surface area contributed by atoms with E-state index in [1.807, 2.05) is 0 Å². The summed E-state index contributed by atoms with van der Waals surface area (Å²) in [6.07, 6.45) is -0.536. The first-order valence-corrected chi connectivity index (χ1v) is 4.17. The maximum absolute atomic E-state index is 10.6. The summed E-state index contributed by atoms with van der Waals surface area (Å²) in [5.41, 5.74) is 0.817. The molecular formula is C10H14CaO4. The molecule has 0 saturated heterocycles. The van der Waals surface area contributed by atoms with E-state index >= 15 is 0 Å². The first kappa shape index (κ1) is 14.7. The number of aliphatic carboxylic acids is 1. The molecule has 0 aliphatic heterocycles. The van der Waals surface area contributed by atoms with Gasteiger partial charge in [-0.25, -0.2) is 4.79 Å². The Hall–Kier alpha value is -0.290. The van der Waals surface area contributed by atoms with E-state index in [0.29, 0.717) is 6.42 Å². The van der Waals surface area contributed by atoms with Crippen LogP contribution in [0.25, 0.3) is 0 Å². The van der Waals surface area contributed by atoms with Crippen LogP contribution in [0.15, 0.2) is 24.3 Å². The predicted molar refractivity (Wildman–Crippen MR) is 58.8 cm³/mol. The van der Waals surface area contributed by atoms with Crippen molar-refractivity contribution in [1.29, 1.82) is 0 Å². The van der Waals surface area contributed by atoms with Crippen molar-refractivity contribution >= 4 is 43.7 Å². The molecule has 2 N–H and O–H groups in total. The third-order valence-electron chi connectivity index (χ3n) is 1.92. The van der Waals surface area contributed by atoms with Crippen LogP contribution in [0, 0.1) is 0 Å². The van der Waals surface area contributed by atoms with Crippen LogP contribution in [0.5, 0.6) is 5.75 Å². The van der Waals surface area contributed by atoms with Gasteiger partial charge in [-0.3, -0.25) is 0 Å². The fourth-order valence-corrected chi connectivity index (χ4v) is 1.12. The number of aromatic hydroxyl groups is 1. The zero-order valence-electron chi connectivity index (χ0n) is 7.80. The van der Waals surface area contributed by atoms with Crippen molar-refractivity contribution in [3.05, 3.63) is 29.8 Å². The van der Waals surface area contributed by atoms with Crippen LogP contribution >= 0.6 is 0 Å². The zero-order chi connectivity index (χ0) is 10.6. The van der Waals surface area contributed by atoms with Crippen LogP contribution in [-0.2, 0) is 16.0 Å². The molecule has 1 unspecified atom stereocenters. The number of phenolic OH excluding ortho intramolecular Hbond substituents is 1. The summed E-state index contributed by atoms with van der Waals surface area (Å²) in [6, 6.07) is 6.38. The number of phenols is 1. The Morgan fingerprint density at radius 2 is 1.93 bits per heavy atom. The van der Waals surface area contributed by atoms with Crippen LogP contribution in [-0.4, -0.2) is 67.1 Å². The van der Waals surface area contributed by atoms with Gasteiger partial charge in [-0.1, -0.05) is 12.1 Å². The molecule has 0 fully saturated rings. The summed E-state index contributed by atoms with van der Waals surface area (Å²) >= 11 is 0. The van der Waals surface area contributed by atoms with Crippen molar-refractivity contribution in [3.63, 3.8) is 0 Å². The molecule has 0 amide bonds. The Kier molecular flexibility index (Phi) is 6.92. The van der Waals surface area contributed by atoms with E-state index in [4.69, 9.17) is 14.9 Å². The molecule has 0 saturated carbocycles. The average molecular weight is 238 g/mol. The van der Waals surface area contributed by atoms with Crippen molar-refractivity contribution in [2.24, 2.45) is 0 Å². The van der Waals surface area contributed by atoms with Gasteiger partial charge in [0.1, 0.15) is 5.75 Å². The molecule has 0 heterocycles. The number of hydrogen-bond donors (Lipinski definition) is 2. The number of methoxy groups -OCH3 is 1. The molecule has 1 aromatic carbocycles. The monoisotopic (exact) mass is 238 g/mol. The van der Waals surface area contributed by atoms with E-state index in [0.717, 1.165) is 5.56 Å². The first-order valence-electron chi connectivity index (χ1n) is 4.17. The molecule has 0 aliphatic carbocycles. The molecule has 0 radical (unpaired) electrons. The Bertz CT molecular complexity index is 310. The van der Waals surface area contributed by atoms with Crippen molar-refractivity contribution in [1.82, 2.24) is 0 Å². The summed E-state index contributed by atoms with van der Waals surface area (Å²) < 4.78 is 4.78. The molecule has 15 heavy (non-hydrogen) atoms. The van der Waals surface area contributed by atoms with Gasteiger partial charge in [-0.05, 0) is 17.7 Å². The number of benzene rings is 1. The molecule has 1 atom stereocenters. The summed E-state index contributed by atoms with van der Waals surface area (Å²) in [7, 11) is 1.36. The predicted octanol–water partition coefficient (Wildman–Crippen LogP) is 0.118. The van der Waals surface area contributed by atoms with Crippen LogP contribution in [0.2, 0.25) is 0 Å². The quantitative estimate of drug-likeness (QED) is 0.731. The molecule has 0 aliphatic rings. The van der Waals surface area contributed by atoms with Crippen LogP contribution < -0.4 is 0 Å². The van der Waals surface area contributed by atoms with Gasteiger partial charge >= 0.3 is 43.7 Å². The zero-order valence-corrected chi connectivity index (χ0v) is 7.80. The first-order chi connectivity index (χ1) is 6.63. The van der Waals surface area contributed by atoms with Crippen LogP contribution in [0.4, 0.5) is 0 Å². The van der Waals surface area contributed by atoms with Crippen molar-refractivity contribution in [3.8, 4) is 5.75 Å². The van der Waals surface area contributed by atoms with Crippen LogP contribution in [0.3, 0.4) is 0 Å². The summed E-state index contributed by atoms with van der Waals surface area (Å²) in [5, 5.41) is 17.7. The maximum atomic E-state index is 10.6. The van der Waals surface area contributed by atoms with Gasteiger partial charge in [0.2, 0.25) is 0 Å². The van der Waals surface area contributed by atoms with E-state index in [-0.39, 0.29) is 43.5 Å². The number of carboxylic acid groups (broad SMARTS) is 1. The number of ether oxygens (including phenoxy) is 1. The normalized spacial score (nSPS) is 11.5. The molecule has 0 aromatic heterocycles. The Morgan fingerprint density at radius 3 is 2.33 bits per heavy atom. The number of carboxylic acids is 1. The van der Waals surface area contributed by atoms with Gasteiger partial charge in [0.25, 0.3) is 0 Å². The third-order valence-corrected chi connectivity index (χ3v) is 1.92. The minimum absolute atomic E-state index is 0. The van der Waals surface area contributed by atoms with E-state index in [1.165, 1.54) is 19.2 Å². The summed E-state index contributed by atoms with van der Waals surface area (Å²) in [6.45, 7) is 0. The molecule has 1 rings (SSSR count). The van der Waals surface area contributed by atoms with E-state index in [1.54, 1.807) is 12.1 Å². The standard InChI is InChI=1S/C10H12O4.Ca.2H/c1-14-9(10(12)13)6-7-2-4-8(11)5-3-7;;;/h2-5,9,11H,6H2,1H3,(H,12,13);;;. The topological polar surface area (TPSA) is 66.8 Å². The van der Waals surface area contributed by atoms with Crippen molar-refractivity contribution in [2.75, 3.05) is 7.11 Å². The number of rotatable bonds is 4. The van der Waals surface area contributed by atoms with Crippen LogP contribution in [0.1, 0.15) is 5.56 Å².